The summed E-state index contributed by atoms with van der Waals surface area (Å²) in [7, 11) is 0. The fourth-order valence-corrected chi connectivity index (χ4v) is 5.03. The average Bonchev–Trinajstić information content (AvgIpc) is 2.92. The molecule has 2 atom stereocenters. The van der Waals surface area contributed by atoms with Gasteiger partial charge in [-0.25, -0.2) is 14.2 Å². The monoisotopic (exact) mass is 535 g/mol. The first kappa shape index (κ1) is 28.1. The van der Waals surface area contributed by atoms with Crippen LogP contribution in [0.25, 0.3) is 0 Å². The van der Waals surface area contributed by atoms with Crippen molar-refractivity contribution in [1.29, 1.82) is 0 Å². The number of hydrazine groups is 1. The molecule has 4 rings (SSSR count). The Hall–Kier alpha value is -3.94. The number of ether oxygens (including phenoxy) is 1. The number of carbonyl (C=O) groups excluding carboxylic acids is 3. The van der Waals surface area contributed by atoms with Crippen molar-refractivity contribution < 1.29 is 23.5 Å². The number of amides is 4. The Kier molecular flexibility index (Phi) is 9.52. The van der Waals surface area contributed by atoms with Crippen molar-refractivity contribution in [3.63, 3.8) is 0 Å². The third kappa shape index (κ3) is 6.74. The highest BCUT2D eigenvalue weighted by Crippen LogP contribution is 2.28. The Bertz CT molecular complexity index is 1200. The molecule has 2 heterocycles. The van der Waals surface area contributed by atoms with Gasteiger partial charge in [-0.3, -0.25) is 9.59 Å². The van der Waals surface area contributed by atoms with E-state index in [0.29, 0.717) is 24.9 Å². The van der Waals surface area contributed by atoms with E-state index in [-0.39, 0.29) is 57.0 Å². The number of nitrogens with zero attached hydrogens (tertiary/aromatic N) is 4. The Morgan fingerprint density at radius 2 is 1.92 bits per heavy atom. The number of fused-ring (bicyclic) bond motifs is 1. The van der Waals surface area contributed by atoms with Crippen molar-refractivity contribution >= 4 is 17.8 Å². The molecule has 0 radical (unpaired) electrons. The standard InChI is InChI=1S/C29H34FN5O4/c1-3-9-25-28(37)32(15-16-39-21-23-12-8-13-24(30)17-23)19-26-34(25)27(36)20-33(14-4-2)35(26)29(38)31-18-22-10-6-5-7-11-22/h2,5-8,10-13,17,25-26H,3,9,14-16,18-21H2,1H3,(H,31,38). The lowest BCUT2D eigenvalue weighted by Gasteiger charge is -2.54. The minimum absolute atomic E-state index is 0.0674. The number of piperazine rings is 1. The van der Waals surface area contributed by atoms with E-state index in [1.165, 1.54) is 17.1 Å². The third-order valence-corrected chi connectivity index (χ3v) is 6.82. The van der Waals surface area contributed by atoms with Crippen LogP contribution in [-0.2, 0) is 27.5 Å². The van der Waals surface area contributed by atoms with Gasteiger partial charge in [0.15, 0.2) is 0 Å². The molecule has 2 aromatic rings. The van der Waals surface area contributed by atoms with E-state index in [9.17, 15) is 18.8 Å². The molecule has 4 amide bonds. The highest BCUT2D eigenvalue weighted by molar-refractivity contribution is 5.91. The summed E-state index contributed by atoms with van der Waals surface area (Å²) in [5.41, 5.74) is 1.62. The molecule has 206 valence electrons. The molecule has 10 heteroatoms. The van der Waals surface area contributed by atoms with Crippen LogP contribution in [0, 0.1) is 18.2 Å². The maximum atomic E-state index is 13.5. The van der Waals surface area contributed by atoms with Gasteiger partial charge < -0.3 is 19.9 Å². The van der Waals surface area contributed by atoms with Crippen molar-refractivity contribution in [2.24, 2.45) is 0 Å². The first-order valence-corrected chi connectivity index (χ1v) is 13.1. The predicted molar refractivity (Wildman–Crippen MR) is 143 cm³/mol. The van der Waals surface area contributed by atoms with Gasteiger partial charge in [0.2, 0.25) is 11.8 Å². The molecule has 9 nitrogen and oxygen atoms in total. The lowest BCUT2D eigenvalue weighted by Crippen LogP contribution is -2.76. The number of hydrogen-bond acceptors (Lipinski definition) is 5. The molecule has 2 aliphatic rings. The molecular weight excluding hydrogens is 501 g/mol. The van der Waals surface area contributed by atoms with E-state index in [0.717, 1.165) is 5.56 Å². The topological polar surface area (TPSA) is 85.4 Å². The summed E-state index contributed by atoms with van der Waals surface area (Å²) in [5, 5.41) is 5.98. The second-order valence-electron chi connectivity index (χ2n) is 9.57. The van der Waals surface area contributed by atoms with Crippen LogP contribution in [0.15, 0.2) is 54.6 Å². The molecule has 2 aromatic carbocycles. The van der Waals surface area contributed by atoms with Gasteiger partial charge in [0.25, 0.3) is 0 Å². The van der Waals surface area contributed by atoms with Crippen LogP contribution in [0.4, 0.5) is 9.18 Å². The summed E-state index contributed by atoms with van der Waals surface area (Å²) < 4.78 is 19.2. The van der Waals surface area contributed by atoms with E-state index in [4.69, 9.17) is 11.2 Å². The van der Waals surface area contributed by atoms with Crippen LogP contribution in [-0.4, -0.2) is 82.7 Å². The van der Waals surface area contributed by atoms with Gasteiger partial charge in [0, 0.05) is 13.1 Å². The van der Waals surface area contributed by atoms with E-state index in [1.807, 2.05) is 37.3 Å². The number of halogens is 1. The molecule has 1 N–H and O–H groups in total. The summed E-state index contributed by atoms with van der Waals surface area (Å²) in [6, 6.07) is 14.6. The quantitative estimate of drug-likeness (QED) is 0.374. The Balaban J connectivity index is 1.51. The first-order valence-electron chi connectivity index (χ1n) is 13.1. The summed E-state index contributed by atoms with van der Waals surface area (Å²) in [4.78, 5) is 43.5. The smallest absolute Gasteiger partial charge is 0.334 e. The minimum atomic E-state index is -0.715. The molecule has 0 aliphatic carbocycles. The molecule has 2 aliphatic heterocycles. The zero-order chi connectivity index (χ0) is 27.8. The number of carbonyl (C=O) groups is 3. The lowest BCUT2D eigenvalue weighted by molar-refractivity contribution is -0.189. The van der Waals surface area contributed by atoms with Crippen molar-refractivity contribution in [1.82, 2.24) is 25.1 Å². The van der Waals surface area contributed by atoms with Crippen molar-refractivity contribution in [3.05, 3.63) is 71.5 Å². The fourth-order valence-electron chi connectivity index (χ4n) is 5.03. The minimum Gasteiger partial charge on any atom is -0.375 e. The lowest BCUT2D eigenvalue weighted by atomic mass is 10.0. The van der Waals surface area contributed by atoms with Crippen LogP contribution in [0.5, 0.6) is 0 Å². The normalized spacial score (nSPS) is 19.6. The summed E-state index contributed by atoms with van der Waals surface area (Å²) in [6.45, 7) is 3.03. The van der Waals surface area contributed by atoms with Gasteiger partial charge in [0.1, 0.15) is 18.0 Å². The fraction of sp³-hybridized carbons (Fsp3) is 0.414. The van der Waals surface area contributed by atoms with E-state index in [2.05, 4.69) is 11.2 Å². The maximum Gasteiger partial charge on any atom is 0.334 e. The number of terminal acetylenes is 1. The molecule has 39 heavy (non-hydrogen) atoms. The summed E-state index contributed by atoms with van der Waals surface area (Å²) in [6.07, 6.45) is 6.02. The van der Waals surface area contributed by atoms with Crippen LogP contribution in [0.1, 0.15) is 30.9 Å². The van der Waals surface area contributed by atoms with Gasteiger partial charge >= 0.3 is 6.03 Å². The van der Waals surface area contributed by atoms with E-state index >= 15 is 0 Å². The second-order valence-corrected chi connectivity index (χ2v) is 9.57. The van der Waals surface area contributed by atoms with Crippen molar-refractivity contribution in [2.45, 2.75) is 45.1 Å². The SMILES string of the molecule is C#CCN1CC(=O)N2C(CCC)C(=O)N(CCOCc3cccc(F)c3)CC2N1C(=O)NCc1ccccc1. The Morgan fingerprint density at radius 1 is 1.15 bits per heavy atom. The number of hydrogen-bond donors (Lipinski definition) is 1. The molecule has 0 bridgehead atoms. The molecule has 0 aromatic heterocycles. The Labute approximate surface area is 228 Å². The number of urea groups is 1. The van der Waals surface area contributed by atoms with Gasteiger partial charge in [-0.1, -0.05) is 61.7 Å². The van der Waals surface area contributed by atoms with Gasteiger partial charge in [0.05, 0.1) is 32.8 Å². The number of benzene rings is 2. The third-order valence-electron chi connectivity index (χ3n) is 6.82. The molecule has 2 unspecified atom stereocenters. The maximum absolute atomic E-state index is 13.5. The molecule has 0 spiro atoms. The zero-order valence-corrected chi connectivity index (χ0v) is 22.1. The average molecular weight is 536 g/mol. The molecular formula is C29H34FN5O4. The van der Waals surface area contributed by atoms with Crippen molar-refractivity contribution in [2.75, 3.05) is 32.8 Å². The molecule has 2 fully saturated rings. The molecule has 2 saturated heterocycles. The van der Waals surface area contributed by atoms with Gasteiger partial charge in [-0.05, 0) is 29.7 Å². The highest BCUT2D eigenvalue weighted by Gasteiger charge is 2.50. The highest BCUT2D eigenvalue weighted by atomic mass is 19.1. The second kappa shape index (κ2) is 13.2. The van der Waals surface area contributed by atoms with Crippen LogP contribution < -0.4 is 5.32 Å². The summed E-state index contributed by atoms with van der Waals surface area (Å²) >= 11 is 0. The van der Waals surface area contributed by atoms with Crippen LogP contribution in [0.3, 0.4) is 0 Å². The van der Waals surface area contributed by atoms with Crippen LogP contribution in [0.2, 0.25) is 0 Å². The van der Waals surface area contributed by atoms with Crippen LogP contribution >= 0.6 is 0 Å². The largest absolute Gasteiger partial charge is 0.375 e. The zero-order valence-electron chi connectivity index (χ0n) is 22.1. The number of rotatable bonds is 10. The van der Waals surface area contributed by atoms with Gasteiger partial charge in [-0.15, -0.1) is 6.42 Å². The van der Waals surface area contributed by atoms with Gasteiger partial charge in [-0.2, -0.15) is 5.01 Å². The molecule has 0 saturated carbocycles. The predicted octanol–water partition coefficient (Wildman–Crippen LogP) is 2.58. The number of nitrogens with one attached hydrogen (secondary N) is 1. The summed E-state index contributed by atoms with van der Waals surface area (Å²) in [5.74, 6) is 1.78. The van der Waals surface area contributed by atoms with E-state index < -0.39 is 18.2 Å². The Morgan fingerprint density at radius 3 is 2.64 bits per heavy atom. The van der Waals surface area contributed by atoms with Crippen molar-refractivity contribution in [3.8, 4) is 12.3 Å². The van der Waals surface area contributed by atoms with E-state index in [1.54, 1.807) is 26.9 Å². The first-order chi connectivity index (χ1) is 18.9.